The average Bonchev–Trinajstić information content (AvgIpc) is 2.87. The van der Waals surface area contributed by atoms with Gasteiger partial charge in [0.2, 0.25) is 5.91 Å². The number of hydrogen-bond acceptors (Lipinski definition) is 1. The van der Waals surface area contributed by atoms with Crippen LogP contribution >= 0.6 is 15.9 Å². The van der Waals surface area contributed by atoms with E-state index >= 15 is 0 Å². The molecule has 3 heteroatoms. The van der Waals surface area contributed by atoms with Crippen LogP contribution < -0.4 is 4.90 Å². The normalized spacial score (nSPS) is 18.7. The van der Waals surface area contributed by atoms with Gasteiger partial charge in [-0.1, -0.05) is 64.5 Å². The molecule has 0 saturated carbocycles. The second-order valence-electron chi connectivity index (χ2n) is 5.09. The third-order valence-corrected chi connectivity index (χ3v) is 4.17. The van der Waals surface area contributed by atoms with Crippen LogP contribution in [0, 0.1) is 0 Å². The second-order valence-corrected chi connectivity index (χ2v) is 6.46. The summed E-state index contributed by atoms with van der Waals surface area (Å²) < 4.78 is 0. The van der Waals surface area contributed by atoms with Gasteiger partial charge in [0.1, 0.15) is 0 Å². The quantitative estimate of drug-likeness (QED) is 0.764. The van der Waals surface area contributed by atoms with Crippen LogP contribution in [0.5, 0.6) is 0 Å². The molecule has 2 unspecified atom stereocenters. The number of hydrogen-bond donors (Lipinski definition) is 0. The largest absolute Gasteiger partial charge is 0.310 e. The highest BCUT2D eigenvalue weighted by molar-refractivity contribution is 9.10. The van der Waals surface area contributed by atoms with E-state index in [1.165, 1.54) is 11.1 Å². The fourth-order valence-corrected chi connectivity index (χ4v) is 3.05. The van der Waals surface area contributed by atoms with Crippen LogP contribution in [0.3, 0.4) is 0 Å². The first kappa shape index (κ1) is 13.4. The second kappa shape index (κ2) is 5.41. The molecule has 0 fully saturated rings. The SMILES string of the molecule is CC(Br)C(=O)N1CC(c2ccccc2)c2ccccc21. The maximum atomic E-state index is 12.4. The van der Waals surface area contributed by atoms with Crippen molar-refractivity contribution in [3.8, 4) is 0 Å². The Morgan fingerprint density at radius 1 is 1.15 bits per heavy atom. The Balaban J connectivity index is 2.03. The van der Waals surface area contributed by atoms with E-state index in [9.17, 15) is 4.79 Å². The van der Waals surface area contributed by atoms with Gasteiger partial charge in [-0.05, 0) is 24.1 Å². The van der Waals surface area contributed by atoms with Crippen molar-refractivity contribution >= 4 is 27.5 Å². The number of carbonyl (C=O) groups excluding carboxylic acids is 1. The standard InChI is InChI=1S/C17H16BrNO/c1-12(18)17(20)19-11-15(13-7-3-2-4-8-13)14-9-5-6-10-16(14)19/h2-10,12,15H,11H2,1H3. The molecule has 2 aromatic carbocycles. The highest BCUT2D eigenvalue weighted by Gasteiger charge is 2.33. The van der Waals surface area contributed by atoms with E-state index in [2.05, 4.69) is 46.3 Å². The lowest BCUT2D eigenvalue weighted by Gasteiger charge is -2.19. The number of para-hydroxylation sites is 1. The van der Waals surface area contributed by atoms with Crippen molar-refractivity contribution in [1.29, 1.82) is 0 Å². The molecule has 0 aromatic heterocycles. The van der Waals surface area contributed by atoms with Crippen molar-refractivity contribution < 1.29 is 4.79 Å². The minimum Gasteiger partial charge on any atom is -0.310 e. The highest BCUT2D eigenvalue weighted by Crippen LogP contribution is 2.40. The molecule has 0 N–H and O–H groups in total. The smallest absolute Gasteiger partial charge is 0.240 e. The number of halogens is 1. The molecule has 20 heavy (non-hydrogen) atoms. The Labute approximate surface area is 127 Å². The molecule has 1 aliphatic rings. The predicted octanol–water partition coefficient (Wildman–Crippen LogP) is 3.95. The number of fused-ring (bicyclic) bond motifs is 1. The van der Waals surface area contributed by atoms with Gasteiger partial charge in [-0.25, -0.2) is 0 Å². The Morgan fingerprint density at radius 3 is 2.50 bits per heavy atom. The lowest BCUT2D eigenvalue weighted by atomic mass is 9.93. The number of nitrogens with zero attached hydrogens (tertiary/aromatic N) is 1. The van der Waals surface area contributed by atoms with Crippen molar-refractivity contribution in [3.63, 3.8) is 0 Å². The molecular formula is C17H16BrNO. The monoisotopic (exact) mass is 329 g/mol. The summed E-state index contributed by atoms with van der Waals surface area (Å²) in [4.78, 5) is 14.1. The van der Waals surface area contributed by atoms with Crippen molar-refractivity contribution in [1.82, 2.24) is 0 Å². The van der Waals surface area contributed by atoms with Crippen molar-refractivity contribution in [3.05, 3.63) is 65.7 Å². The summed E-state index contributed by atoms with van der Waals surface area (Å²) >= 11 is 3.39. The number of carbonyl (C=O) groups is 1. The summed E-state index contributed by atoms with van der Waals surface area (Å²) in [6.45, 7) is 2.60. The van der Waals surface area contributed by atoms with Crippen LogP contribution in [-0.4, -0.2) is 17.3 Å². The molecule has 0 radical (unpaired) electrons. The molecule has 1 heterocycles. The number of amides is 1. The average molecular weight is 330 g/mol. The van der Waals surface area contributed by atoms with Crippen LogP contribution in [0.2, 0.25) is 0 Å². The van der Waals surface area contributed by atoms with Crippen molar-refractivity contribution in [2.45, 2.75) is 17.7 Å². The fraction of sp³-hybridized carbons (Fsp3) is 0.235. The van der Waals surface area contributed by atoms with Gasteiger partial charge < -0.3 is 4.90 Å². The van der Waals surface area contributed by atoms with Crippen LogP contribution in [-0.2, 0) is 4.79 Å². The molecule has 0 saturated heterocycles. The summed E-state index contributed by atoms with van der Waals surface area (Å²) in [7, 11) is 0. The van der Waals surface area contributed by atoms with Crippen molar-refractivity contribution in [2.75, 3.05) is 11.4 Å². The van der Waals surface area contributed by atoms with Gasteiger partial charge in [-0.3, -0.25) is 4.79 Å². The van der Waals surface area contributed by atoms with E-state index in [1.807, 2.05) is 36.1 Å². The minimum absolute atomic E-state index is 0.121. The van der Waals surface area contributed by atoms with E-state index in [4.69, 9.17) is 0 Å². The Hall–Kier alpha value is -1.61. The molecule has 0 bridgehead atoms. The fourth-order valence-electron chi connectivity index (χ4n) is 2.80. The topological polar surface area (TPSA) is 20.3 Å². The summed E-state index contributed by atoms with van der Waals surface area (Å²) in [6, 6.07) is 18.6. The molecule has 102 valence electrons. The van der Waals surface area contributed by atoms with Gasteiger partial charge in [0.05, 0.1) is 4.83 Å². The molecule has 3 rings (SSSR count). The lowest BCUT2D eigenvalue weighted by Crippen LogP contribution is -2.34. The summed E-state index contributed by atoms with van der Waals surface area (Å²) in [6.07, 6.45) is 0. The zero-order chi connectivity index (χ0) is 14.1. The number of anilines is 1. The first-order valence-electron chi connectivity index (χ1n) is 6.78. The van der Waals surface area contributed by atoms with Crippen molar-refractivity contribution in [2.24, 2.45) is 0 Å². The Morgan fingerprint density at radius 2 is 1.80 bits per heavy atom. The lowest BCUT2D eigenvalue weighted by molar-refractivity contribution is -0.117. The molecule has 2 nitrogen and oxygen atoms in total. The third-order valence-electron chi connectivity index (χ3n) is 3.78. The predicted molar refractivity (Wildman–Crippen MR) is 85.5 cm³/mol. The number of alkyl halides is 1. The first-order valence-corrected chi connectivity index (χ1v) is 7.69. The molecule has 0 aliphatic carbocycles. The third kappa shape index (κ3) is 2.27. The maximum absolute atomic E-state index is 12.4. The number of rotatable bonds is 2. The summed E-state index contributed by atoms with van der Waals surface area (Å²) in [5.41, 5.74) is 3.54. The first-order chi connectivity index (χ1) is 9.68. The molecule has 0 spiro atoms. The molecule has 1 aliphatic heterocycles. The van der Waals surface area contributed by atoms with Gasteiger partial charge >= 0.3 is 0 Å². The minimum atomic E-state index is -0.162. The zero-order valence-electron chi connectivity index (χ0n) is 11.3. The summed E-state index contributed by atoms with van der Waals surface area (Å²) in [5.74, 6) is 0.387. The molecular weight excluding hydrogens is 314 g/mol. The van der Waals surface area contributed by atoms with Crippen LogP contribution in [0.25, 0.3) is 0 Å². The van der Waals surface area contributed by atoms with Gasteiger partial charge in [-0.15, -0.1) is 0 Å². The van der Waals surface area contributed by atoms with E-state index < -0.39 is 0 Å². The van der Waals surface area contributed by atoms with E-state index in [1.54, 1.807) is 0 Å². The Kier molecular flexibility index (Phi) is 3.62. The number of benzene rings is 2. The van der Waals surface area contributed by atoms with E-state index in [0.29, 0.717) is 0 Å². The maximum Gasteiger partial charge on any atom is 0.240 e. The van der Waals surface area contributed by atoms with Crippen LogP contribution in [0.4, 0.5) is 5.69 Å². The van der Waals surface area contributed by atoms with Crippen LogP contribution in [0.15, 0.2) is 54.6 Å². The van der Waals surface area contributed by atoms with E-state index in [-0.39, 0.29) is 16.7 Å². The van der Waals surface area contributed by atoms with E-state index in [0.717, 1.165) is 12.2 Å². The molecule has 2 atom stereocenters. The van der Waals surface area contributed by atoms with Gasteiger partial charge in [0.25, 0.3) is 0 Å². The van der Waals surface area contributed by atoms with Crippen LogP contribution in [0.1, 0.15) is 24.0 Å². The molecule has 1 amide bonds. The van der Waals surface area contributed by atoms with Gasteiger partial charge in [0, 0.05) is 18.2 Å². The molecule has 2 aromatic rings. The highest BCUT2D eigenvalue weighted by atomic mass is 79.9. The van der Waals surface area contributed by atoms with Gasteiger partial charge in [-0.2, -0.15) is 0 Å². The zero-order valence-corrected chi connectivity index (χ0v) is 12.9. The Bertz CT molecular complexity index is 624. The van der Waals surface area contributed by atoms with Gasteiger partial charge in [0.15, 0.2) is 0 Å². The summed E-state index contributed by atoms with van der Waals surface area (Å²) in [5, 5.41) is 0.